The molecule has 0 aliphatic heterocycles. The van der Waals surface area contributed by atoms with Gasteiger partial charge in [0.05, 0.1) is 12.1 Å². The van der Waals surface area contributed by atoms with Crippen molar-refractivity contribution in [2.45, 2.75) is 53.6 Å². The van der Waals surface area contributed by atoms with Crippen molar-refractivity contribution in [1.82, 2.24) is 10.6 Å². The molecule has 26 heavy (non-hydrogen) atoms. The van der Waals surface area contributed by atoms with E-state index in [1.165, 1.54) is 0 Å². The van der Waals surface area contributed by atoms with Crippen LogP contribution >= 0.6 is 11.8 Å². The molecular weight excluding hydrogens is 360 g/mol. The highest BCUT2D eigenvalue weighted by Gasteiger charge is 2.33. The second-order valence-corrected chi connectivity index (χ2v) is 7.95. The Labute approximate surface area is 159 Å². The number of hydrogen-bond donors (Lipinski definition) is 2. The summed E-state index contributed by atoms with van der Waals surface area (Å²) in [4.78, 5) is 47.0. The number of nitrogens with one attached hydrogen (secondary N) is 2. The first kappa shape index (κ1) is 24.2. The van der Waals surface area contributed by atoms with Gasteiger partial charge in [-0.25, -0.2) is 9.59 Å². The third kappa shape index (κ3) is 9.07. The third-order valence-corrected chi connectivity index (χ3v) is 4.16. The summed E-state index contributed by atoms with van der Waals surface area (Å²) in [6.07, 6.45) is 0.0933. The van der Waals surface area contributed by atoms with Gasteiger partial charge in [-0.05, 0) is 19.1 Å². The highest BCUT2D eigenvalue weighted by atomic mass is 32.2. The molecule has 9 heteroatoms. The zero-order valence-corrected chi connectivity index (χ0v) is 17.3. The first-order chi connectivity index (χ1) is 11.9. The Morgan fingerprint density at radius 2 is 1.38 bits per heavy atom. The lowest BCUT2D eigenvalue weighted by Crippen LogP contribution is -2.49. The van der Waals surface area contributed by atoms with Crippen molar-refractivity contribution in [1.29, 1.82) is 0 Å². The largest absolute Gasteiger partial charge is 0.446 e. The molecule has 0 aliphatic rings. The van der Waals surface area contributed by atoms with E-state index in [1.54, 1.807) is 34.0 Å². The molecule has 0 aromatic heterocycles. The number of ketones is 1. The number of amides is 2. The SMILES string of the molecule is CSC(=O)[C@H](C)NC(=O)OCCOC(=O)NC(C(=O)C(C)(C)C)C(C)C. The predicted octanol–water partition coefficient (Wildman–Crippen LogP) is 2.36. The van der Waals surface area contributed by atoms with E-state index in [0.29, 0.717) is 0 Å². The minimum absolute atomic E-state index is 0.0903. The van der Waals surface area contributed by atoms with Crippen molar-refractivity contribution in [2.75, 3.05) is 19.5 Å². The highest BCUT2D eigenvalue weighted by Crippen LogP contribution is 2.20. The predicted molar refractivity (Wildman–Crippen MR) is 100 cm³/mol. The molecule has 0 aromatic rings. The van der Waals surface area contributed by atoms with Gasteiger partial charge >= 0.3 is 12.2 Å². The summed E-state index contributed by atoms with van der Waals surface area (Å²) < 4.78 is 9.76. The van der Waals surface area contributed by atoms with E-state index in [-0.39, 0.29) is 30.0 Å². The van der Waals surface area contributed by atoms with Gasteiger partial charge in [0.15, 0.2) is 5.78 Å². The van der Waals surface area contributed by atoms with Crippen LogP contribution < -0.4 is 10.6 Å². The minimum Gasteiger partial charge on any atom is -0.446 e. The molecule has 0 saturated carbocycles. The summed E-state index contributed by atoms with van der Waals surface area (Å²) in [6, 6.07) is -1.33. The van der Waals surface area contributed by atoms with E-state index in [9.17, 15) is 19.2 Å². The topological polar surface area (TPSA) is 111 Å². The smallest absolute Gasteiger partial charge is 0.407 e. The molecule has 0 radical (unpaired) electrons. The second kappa shape index (κ2) is 11.1. The quantitative estimate of drug-likeness (QED) is 0.612. The Balaban J connectivity index is 4.28. The maximum absolute atomic E-state index is 12.4. The fourth-order valence-corrected chi connectivity index (χ4v) is 2.31. The number of alkyl carbamates (subject to hydrolysis) is 2. The Morgan fingerprint density at radius 1 is 0.923 bits per heavy atom. The number of carbonyl (C=O) groups excluding carboxylic acids is 4. The van der Waals surface area contributed by atoms with Crippen LogP contribution in [0.15, 0.2) is 0 Å². The van der Waals surface area contributed by atoms with Crippen LogP contribution in [0.4, 0.5) is 9.59 Å². The lowest BCUT2D eigenvalue weighted by molar-refractivity contribution is -0.129. The monoisotopic (exact) mass is 390 g/mol. The molecular formula is C17H30N2O6S. The van der Waals surface area contributed by atoms with Crippen LogP contribution in [0.3, 0.4) is 0 Å². The number of thioether (sulfide) groups is 1. The van der Waals surface area contributed by atoms with E-state index in [4.69, 9.17) is 9.47 Å². The molecule has 0 heterocycles. The van der Waals surface area contributed by atoms with Gasteiger partial charge in [0.25, 0.3) is 0 Å². The Kier molecular flexibility index (Phi) is 10.3. The lowest BCUT2D eigenvalue weighted by atomic mass is 9.82. The maximum Gasteiger partial charge on any atom is 0.407 e. The first-order valence-corrected chi connectivity index (χ1v) is 9.61. The van der Waals surface area contributed by atoms with E-state index < -0.39 is 29.7 Å². The number of hydrogen-bond acceptors (Lipinski definition) is 7. The zero-order valence-electron chi connectivity index (χ0n) is 16.5. The van der Waals surface area contributed by atoms with Crippen LogP contribution in [-0.2, 0) is 19.1 Å². The molecule has 0 aliphatic carbocycles. The van der Waals surface area contributed by atoms with Gasteiger partial charge in [-0.1, -0.05) is 46.4 Å². The second-order valence-electron chi connectivity index (χ2n) is 7.14. The van der Waals surface area contributed by atoms with E-state index in [2.05, 4.69) is 10.6 Å². The lowest BCUT2D eigenvalue weighted by Gasteiger charge is -2.27. The zero-order chi connectivity index (χ0) is 20.5. The molecule has 0 saturated heterocycles. The van der Waals surface area contributed by atoms with E-state index >= 15 is 0 Å². The summed E-state index contributed by atoms with van der Waals surface area (Å²) in [6.45, 7) is 10.2. The van der Waals surface area contributed by atoms with Crippen LogP contribution in [0.25, 0.3) is 0 Å². The molecule has 1 unspecified atom stereocenters. The Morgan fingerprint density at radius 3 is 1.77 bits per heavy atom. The summed E-state index contributed by atoms with van der Waals surface area (Å²) in [5.41, 5.74) is -0.589. The highest BCUT2D eigenvalue weighted by molar-refractivity contribution is 8.13. The van der Waals surface area contributed by atoms with E-state index in [1.807, 2.05) is 13.8 Å². The van der Waals surface area contributed by atoms with Crippen molar-refractivity contribution in [3.05, 3.63) is 0 Å². The van der Waals surface area contributed by atoms with Crippen LogP contribution in [-0.4, -0.2) is 54.6 Å². The van der Waals surface area contributed by atoms with Crippen LogP contribution in [0, 0.1) is 11.3 Å². The molecule has 0 bridgehead atoms. The van der Waals surface area contributed by atoms with E-state index in [0.717, 1.165) is 11.8 Å². The Hall–Kier alpha value is -1.77. The number of Topliss-reactive ketones (excluding diaryl/α,β-unsaturated/α-hetero) is 1. The fourth-order valence-electron chi connectivity index (χ4n) is 1.89. The van der Waals surface area contributed by atoms with Crippen molar-refractivity contribution >= 4 is 34.8 Å². The standard InChI is InChI=1S/C17H30N2O6S/c1-10(2)12(13(20)17(4,5)6)19-16(23)25-9-8-24-15(22)18-11(3)14(21)26-7/h10-12H,8-9H2,1-7H3,(H,18,22)(H,19,23)/t11-,12?/m0/s1. The fraction of sp³-hybridized carbons (Fsp3) is 0.765. The molecule has 150 valence electrons. The van der Waals surface area contributed by atoms with Gasteiger partial charge in [-0.3, -0.25) is 9.59 Å². The summed E-state index contributed by atoms with van der Waals surface area (Å²) in [5.74, 6) is -0.181. The molecule has 0 spiro atoms. The molecule has 2 atom stereocenters. The molecule has 2 N–H and O–H groups in total. The number of ether oxygens (including phenoxy) is 2. The third-order valence-electron chi connectivity index (χ3n) is 3.40. The van der Waals surface area contributed by atoms with Crippen molar-refractivity contribution in [2.24, 2.45) is 11.3 Å². The van der Waals surface area contributed by atoms with Gasteiger partial charge in [0.2, 0.25) is 5.12 Å². The summed E-state index contributed by atoms with van der Waals surface area (Å²) in [5, 5.41) is 4.72. The molecule has 0 rings (SSSR count). The molecule has 2 amide bonds. The van der Waals surface area contributed by atoms with Gasteiger partial charge in [-0.15, -0.1) is 0 Å². The van der Waals surface area contributed by atoms with Crippen LogP contribution in [0.1, 0.15) is 41.5 Å². The maximum atomic E-state index is 12.4. The van der Waals surface area contributed by atoms with Gasteiger partial charge in [0.1, 0.15) is 13.2 Å². The average molecular weight is 391 g/mol. The van der Waals surface area contributed by atoms with Crippen LogP contribution in [0.2, 0.25) is 0 Å². The Bertz CT molecular complexity index is 516. The summed E-state index contributed by atoms with van der Waals surface area (Å²) >= 11 is 1.00. The van der Waals surface area contributed by atoms with Gasteiger partial charge in [0, 0.05) is 5.41 Å². The minimum atomic E-state index is -0.771. The van der Waals surface area contributed by atoms with Gasteiger partial charge < -0.3 is 20.1 Å². The van der Waals surface area contributed by atoms with Gasteiger partial charge in [-0.2, -0.15) is 0 Å². The summed E-state index contributed by atoms with van der Waals surface area (Å²) in [7, 11) is 0. The van der Waals surface area contributed by atoms with Crippen molar-refractivity contribution in [3.8, 4) is 0 Å². The van der Waals surface area contributed by atoms with Crippen molar-refractivity contribution < 1.29 is 28.7 Å². The average Bonchev–Trinajstić information content (AvgIpc) is 2.53. The number of carbonyl (C=O) groups is 4. The molecule has 0 aromatic carbocycles. The first-order valence-electron chi connectivity index (χ1n) is 8.38. The number of rotatable bonds is 8. The normalized spacial score (nSPS) is 13.5. The van der Waals surface area contributed by atoms with Crippen LogP contribution in [0.5, 0.6) is 0 Å². The molecule has 8 nitrogen and oxygen atoms in total. The van der Waals surface area contributed by atoms with Crippen molar-refractivity contribution in [3.63, 3.8) is 0 Å². The molecule has 0 fully saturated rings.